The highest BCUT2D eigenvalue weighted by molar-refractivity contribution is 6.37. The Morgan fingerprint density at radius 2 is 2.03 bits per heavy atom. The van der Waals surface area contributed by atoms with Crippen molar-refractivity contribution in [2.45, 2.75) is 12.5 Å². The van der Waals surface area contributed by atoms with Crippen LogP contribution in [0.15, 0.2) is 58.9 Å². The van der Waals surface area contributed by atoms with E-state index in [1.807, 2.05) is 0 Å². The van der Waals surface area contributed by atoms with Gasteiger partial charge in [-0.25, -0.2) is 4.39 Å². The van der Waals surface area contributed by atoms with Crippen LogP contribution in [0.25, 0.3) is 0 Å². The van der Waals surface area contributed by atoms with Crippen LogP contribution in [0.2, 0.25) is 0 Å². The Morgan fingerprint density at radius 3 is 2.55 bits per heavy atom. The van der Waals surface area contributed by atoms with Crippen molar-refractivity contribution in [3.05, 3.63) is 54.6 Å². The van der Waals surface area contributed by atoms with Crippen molar-refractivity contribution in [1.82, 2.24) is 16.0 Å². The van der Waals surface area contributed by atoms with Gasteiger partial charge in [-0.2, -0.15) is 5.10 Å². The van der Waals surface area contributed by atoms with E-state index in [2.05, 4.69) is 38.0 Å². The number of aliphatic imine (C=N–C) groups is 1. The van der Waals surface area contributed by atoms with Gasteiger partial charge in [-0.1, -0.05) is 6.58 Å². The topological polar surface area (TPSA) is 157 Å². The van der Waals surface area contributed by atoms with Gasteiger partial charge in [0.2, 0.25) is 6.41 Å². The number of hydrazone groups is 1. The summed E-state index contributed by atoms with van der Waals surface area (Å²) in [6.45, 7) is 5.79. The molecule has 0 aliphatic rings. The minimum absolute atomic E-state index is 0.115. The monoisotopic (exact) mass is 430 g/mol. The summed E-state index contributed by atoms with van der Waals surface area (Å²) in [6, 6.07) is 5.48. The van der Waals surface area contributed by atoms with Crippen LogP contribution in [0.4, 0.5) is 10.1 Å². The summed E-state index contributed by atoms with van der Waals surface area (Å²) < 4.78 is 13.0. The molecule has 0 saturated heterocycles. The standard InChI is InChI=1S/C20H27FN8O2/c1-4-25-18(9-10-22)20(27-13-30,19(31)24-3)12-26-14(2)17(11-23)29-28-16-7-5-15(21)6-8-16/h5-11,13,23,26,28H,2,4,12,22H2,1,3H3,(H,24,31)(H,27,30)/b10-9?,23-11?,25-18?,29-17+. The Hall–Kier alpha value is -4.02. The van der Waals surface area contributed by atoms with Gasteiger partial charge in [0.1, 0.15) is 11.5 Å². The number of hydrogen-bond acceptors (Lipinski definition) is 8. The summed E-state index contributed by atoms with van der Waals surface area (Å²) in [5.74, 6) is -0.930. The smallest absolute Gasteiger partial charge is 0.253 e. The number of halogens is 1. The van der Waals surface area contributed by atoms with E-state index in [1.54, 1.807) is 6.92 Å². The number of benzene rings is 1. The Kier molecular flexibility index (Phi) is 10.1. The lowest BCUT2D eigenvalue weighted by atomic mass is 9.90. The average Bonchev–Trinajstić information content (AvgIpc) is 2.77. The molecule has 0 fully saturated rings. The van der Waals surface area contributed by atoms with Crippen LogP contribution < -0.4 is 27.1 Å². The lowest BCUT2D eigenvalue weighted by Gasteiger charge is -2.32. The number of rotatable bonds is 13. The molecule has 0 bridgehead atoms. The molecule has 1 aromatic rings. The van der Waals surface area contributed by atoms with Crippen molar-refractivity contribution < 1.29 is 14.0 Å². The third-order valence-electron chi connectivity index (χ3n) is 4.10. The van der Waals surface area contributed by atoms with Crippen LogP contribution in [0.5, 0.6) is 0 Å². The first-order chi connectivity index (χ1) is 14.9. The second-order valence-electron chi connectivity index (χ2n) is 6.06. The predicted molar refractivity (Wildman–Crippen MR) is 121 cm³/mol. The number of nitrogens with two attached hydrogens (primary N) is 1. The zero-order valence-electron chi connectivity index (χ0n) is 17.4. The predicted octanol–water partition coefficient (Wildman–Crippen LogP) is 0.511. The fourth-order valence-electron chi connectivity index (χ4n) is 2.55. The van der Waals surface area contributed by atoms with E-state index in [0.29, 0.717) is 18.6 Å². The van der Waals surface area contributed by atoms with Gasteiger partial charge >= 0.3 is 0 Å². The number of anilines is 1. The summed E-state index contributed by atoms with van der Waals surface area (Å²) in [5.41, 5.74) is 7.63. The first-order valence-electron chi connectivity index (χ1n) is 9.28. The molecule has 2 amide bonds. The molecule has 1 unspecified atom stereocenters. The summed E-state index contributed by atoms with van der Waals surface area (Å²) in [4.78, 5) is 28.3. The molecule has 0 spiro atoms. The Balaban J connectivity index is 3.14. The summed E-state index contributed by atoms with van der Waals surface area (Å²) in [6.07, 6.45) is 3.96. The Bertz CT molecular complexity index is 880. The van der Waals surface area contributed by atoms with Crippen molar-refractivity contribution in [3.8, 4) is 0 Å². The largest absolute Gasteiger partial charge is 0.405 e. The molecule has 0 heterocycles. The van der Waals surface area contributed by atoms with Crippen LogP contribution in [-0.4, -0.2) is 55.6 Å². The maximum absolute atomic E-state index is 13.0. The van der Waals surface area contributed by atoms with Gasteiger partial charge in [-0.05, 0) is 43.5 Å². The van der Waals surface area contributed by atoms with E-state index >= 15 is 0 Å². The molecule has 0 radical (unpaired) electrons. The molecular weight excluding hydrogens is 403 g/mol. The Labute approximate surface area is 180 Å². The number of allylic oxidation sites excluding steroid dienone is 1. The fourth-order valence-corrected chi connectivity index (χ4v) is 2.55. The van der Waals surface area contributed by atoms with E-state index in [9.17, 15) is 14.0 Å². The number of carbonyl (C=O) groups excluding carboxylic acids is 2. The second kappa shape index (κ2) is 12.5. The number of amides is 2. The number of carbonyl (C=O) groups is 2. The quantitative estimate of drug-likeness (QED) is 0.153. The summed E-state index contributed by atoms with van der Waals surface area (Å²) in [5, 5.41) is 19.6. The van der Waals surface area contributed by atoms with Gasteiger partial charge in [-0.15, -0.1) is 0 Å². The van der Waals surface area contributed by atoms with Crippen molar-refractivity contribution in [3.63, 3.8) is 0 Å². The van der Waals surface area contributed by atoms with E-state index < -0.39 is 17.3 Å². The minimum atomic E-state index is -1.59. The van der Waals surface area contributed by atoms with Crippen LogP contribution in [0.1, 0.15) is 6.92 Å². The molecule has 7 N–H and O–H groups in total. The highest BCUT2D eigenvalue weighted by Gasteiger charge is 2.42. The highest BCUT2D eigenvalue weighted by Crippen LogP contribution is 2.11. The van der Waals surface area contributed by atoms with Crippen LogP contribution in [0, 0.1) is 11.2 Å². The first kappa shape index (κ1) is 25.0. The maximum Gasteiger partial charge on any atom is 0.253 e. The van der Waals surface area contributed by atoms with Crippen LogP contribution >= 0.6 is 0 Å². The minimum Gasteiger partial charge on any atom is -0.405 e. The summed E-state index contributed by atoms with van der Waals surface area (Å²) >= 11 is 0. The van der Waals surface area contributed by atoms with E-state index in [4.69, 9.17) is 11.1 Å². The van der Waals surface area contributed by atoms with Crippen molar-refractivity contribution in [1.29, 1.82) is 5.41 Å². The van der Waals surface area contributed by atoms with E-state index in [1.165, 1.54) is 43.6 Å². The fraction of sp³-hybridized carbons (Fsp3) is 0.250. The zero-order valence-corrected chi connectivity index (χ0v) is 17.4. The highest BCUT2D eigenvalue weighted by atomic mass is 19.1. The lowest BCUT2D eigenvalue weighted by Crippen LogP contribution is -2.66. The van der Waals surface area contributed by atoms with Gasteiger partial charge in [0.15, 0.2) is 5.54 Å². The van der Waals surface area contributed by atoms with Crippen LogP contribution in [-0.2, 0) is 9.59 Å². The third kappa shape index (κ3) is 6.77. The number of likely N-dealkylation sites (N-methyl/N-ethyl adjacent to an activating group) is 1. The lowest BCUT2D eigenvalue weighted by molar-refractivity contribution is -0.126. The first-order valence-corrected chi connectivity index (χ1v) is 9.28. The molecule has 0 aliphatic carbocycles. The van der Waals surface area contributed by atoms with Crippen molar-refractivity contribution in [2.24, 2.45) is 15.8 Å². The molecular formula is C20H27FN8O2. The molecule has 0 saturated carbocycles. The molecule has 10 nitrogen and oxygen atoms in total. The number of nitrogens with one attached hydrogen (secondary N) is 5. The SMILES string of the molecule is C=C(NCC(NC=O)(C(=O)NC)C(C=CN)=NCC)/C(C=N)=N/Nc1ccc(F)cc1. The average molecular weight is 430 g/mol. The molecule has 31 heavy (non-hydrogen) atoms. The zero-order chi connectivity index (χ0) is 23.3. The number of hydrogen-bond donors (Lipinski definition) is 6. The van der Waals surface area contributed by atoms with Gasteiger partial charge in [-0.3, -0.25) is 20.0 Å². The van der Waals surface area contributed by atoms with E-state index in [-0.39, 0.29) is 23.7 Å². The Morgan fingerprint density at radius 1 is 1.35 bits per heavy atom. The maximum atomic E-state index is 13.0. The summed E-state index contributed by atoms with van der Waals surface area (Å²) in [7, 11) is 1.42. The van der Waals surface area contributed by atoms with Gasteiger partial charge < -0.3 is 27.1 Å². The van der Waals surface area contributed by atoms with Gasteiger partial charge in [0.05, 0.1) is 23.6 Å². The molecule has 166 valence electrons. The normalized spacial score (nSPS) is 13.8. The van der Waals surface area contributed by atoms with E-state index in [0.717, 1.165) is 6.21 Å². The molecule has 1 aromatic carbocycles. The molecule has 1 rings (SSSR count). The van der Waals surface area contributed by atoms with Gasteiger partial charge in [0.25, 0.3) is 5.91 Å². The van der Waals surface area contributed by atoms with Crippen LogP contribution in [0.3, 0.4) is 0 Å². The van der Waals surface area contributed by atoms with Gasteiger partial charge in [0, 0.05) is 19.8 Å². The molecule has 1 atom stereocenters. The second-order valence-corrected chi connectivity index (χ2v) is 6.06. The third-order valence-corrected chi connectivity index (χ3v) is 4.10. The molecule has 0 aliphatic heterocycles. The number of nitrogens with zero attached hydrogens (tertiary/aromatic N) is 2. The van der Waals surface area contributed by atoms with Crippen molar-refractivity contribution >= 4 is 35.6 Å². The molecule has 11 heteroatoms. The van der Waals surface area contributed by atoms with Crippen molar-refractivity contribution in [2.75, 3.05) is 25.6 Å². The molecule has 0 aromatic heterocycles.